The smallest absolute Gasteiger partial charge is 0.163 e. The van der Waals surface area contributed by atoms with E-state index in [0.717, 1.165) is 32.0 Å². The van der Waals surface area contributed by atoms with Crippen LogP contribution in [-0.4, -0.2) is 30.6 Å². The minimum atomic E-state index is -0.765. The molecule has 2 nitrogen and oxygen atoms in total. The molecule has 1 aromatic rings. The normalized spacial score (nSPS) is 24.4. The van der Waals surface area contributed by atoms with Crippen molar-refractivity contribution >= 4 is 0 Å². The number of benzene rings is 1. The molecule has 1 saturated heterocycles. The molecule has 3 unspecified atom stereocenters. The lowest BCUT2D eigenvalue weighted by molar-refractivity contribution is 0.247. The highest BCUT2D eigenvalue weighted by molar-refractivity contribution is 5.22. The van der Waals surface area contributed by atoms with Gasteiger partial charge in [0.25, 0.3) is 0 Å². The van der Waals surface area contributed by atoms with Crippen LogP contribution in [0.3, 0.4) is 0 Å². The summed E-state index contributed by atoms with van der Waals surface area (Å²) >= 11 is 0. The summed E-state index contributed by atoms with van der Waals surface area (Å²) in [6.07, 6.45) is 2.02. The van der Waals surface area contributed by atoms with Gasteiger partial charge in [-0.3, -0.25) is 0 Å². The van der Waals surface area contributed by atoms with Crippen molar-refractivity contribution in [2.75, 3.05) is 19.6 Å². The summed E-state index contributed by atoms with van der Waals surface area (Å²) in [6, 6.07) is 4.89. The van der Waals surface area contributed by atoms with Gasteiger partial charge in [-0.15, -0.1) is 0 Å². The fourth-order valence-corrected chi connectivity index (χ4v) is 3.40. The van der Waals surface area contributed by atoms with Crippen LogP contribution in [0, 0.1) is 17.6 Å². The summed E-state index contributed by atoms with van der Waals surface area (Å²) in [5.41, 5.74) is 0.441. The minimum absolute atomic E-state index is 0.131. The molecule has 0 amide bonds. The number of rotatable bonds is 6. The van der Waals surface area contributed by atoms with Gasteiger partial charge in [0.1, 0.15) is 0 Å². The molecule has 3 atom stereocenters. The molecule has 118 valence electrons. The van der Waals surface area contributed by atoms with Crippen LogP contribution in [0.5, 0.6) is 0 Å². The first-order chi connectivity index (χ1) is 10.0. The quantitative estimate of drug-likeness (QED) is 0.860. The second kappa shape index (κ2) is 7.32. The highest BCUT2D eigenvalue weighted by Gasteiger charge is 2.27. The summed E-state index contributed by atoms with van der Waals surface area (Å²) in [4.78, 5) is 2.45. The van der Waals surface area contributed by atoms with E-state index in [1.54, 1.807) is 12.1 Å². The van der Waals surface area contributed by atoms with E-state index in [-0.39, 0.29) is 6.04 Å². The van der Waals surface area contributed by atoms with E-state index in [0.29, 0.717) is 11.6 Å². The van der Waals surface area contributed by atoms with Gasteiger partial charge in [-0.1, -0.05) is 26.0 Å². The zero-order chi connectivity index (χ0) is 15.4. The molecule has 2 rings (SSSR count). The third kappa shape index (κ3) is 4.01. The molecule has 21 heavy (non-hydrogen) atoms. The van der Waals surface area contributed by atoms with E-state index in [4.69, 9.17) is 0 Å². The maximum Gasteiger partial charge on any atom is 0.163 e. The number of nitrogens with zero attached hydrogens (tertiary/aromatic N) is 1. The van der Waals surface area contributed by atoms with E-state index in [9.17, 15) is 8.78 Å². The molecule has 1 aliphatic heterocycles. The zero-order valence-corrected chi connectivity index (χ0v) is 13.2. The average Bonchev–Trinajstić information content (AvgIpc) is 2.76. The van der Waals surface area contributed by atoms with Crippen LogP contribution in [0.1, 0.15) is 45.2 Å². The van der Waals surface area contributed by atoms with Gasteiger partial charge in [0, 0.05) is 30.7 Å². The van der Waals surface area contributed by atoms with Gasteiger partial charge >= 0.3 is 0 Å². The topological polar surface area (TPSA) is 15.3 Å². The highest BCUT2D eigenvalue weighted by Crippen LogP contribution is 2.26. The Bertz CT molecular complexity index is 464. The molecule has 0 aliphatic carbocycles. The van der Waals surface area contributed by atoms with Crippen LogP contribution in [-0.2, 0) is 0 Å². The molecule has 1 heterocycles. The summed E-state index contributed by atoms with van der Waals surface area (Å²) < 4.78 is 27.4. The van der Waals surface area contributed by atoms with Crippen LogP contribution < -0.4 is 5.32 Å². The number of likely N-dealkylation sites (tertiary alicyclic amines) is 1. The molecule has 0 aromatic heterocycles. The molecule has 0 radical (unpaired) electrons. The van der Waals surface area contributed by atoms with Crippen molar-refractivity contribution in [2.45, 2.75) is 45.7 Å². The second-order valence-corrected chi connectivity index (χ2v) is 6.23. The van der Waals surface area contributed by atoms with Crippen molar-refractivity contribution < 1.29 is 8.78 Å². The molecule has 1 aliphatic rings. The molecule has 0 spiro atoms. The highest BCUT2D eigenvalue weighted by atomic mass is 19.2. The Hall–Kier alpha value is -1.00. The maximum atomic E-state index is 14.0. The predicted molar refractivity (Wildman–Crippen MR) is 82.2 cm³/mol. The molecule has 1 aromatic carbocycles. The van der Waals surface area contributed by atoms with Gasteiger partial charge in [-0.2, -0.15) is 0 Å². The summed E-state index contributed by atoms with van der Waals surface area (Å²) in [7, 11) is 0. The Morgan fingerprint density at radius 3 is 2.71 bits per heavy atom. The van der Waals surface area contributed by atoms with Crippen molar-refractivity contribution in [3.05, 3.63) is 35.4 Å². The van der Waals surface area contributed by atoms with Gasteiger partial charge in [0.15, 0.2) is 11.6 Å². The summed E-state index contributed by atoms with van der Waals surface area (Å²) in [5, 5.41) is 3.28. The number of hydrogen-bond acceptors (Lipinski definition) is 2. The summed E-state index contributed by atoms with van der Waals surface area (Å²) in [5.74, 6) is -0.756. The monoisotopic (exact) mass is 296 g/mol. The second-order valence-electron chi connectivity index (χ2n) is 6.23. The first-order valence-corrected chi connectivity index (χ1v) is 7.94. The fraction of sp³-hybridized carbons (Fsp3) is 0.647. The average molecular weight is 296 g/mol. The molecule has 0 bridgehead atoms. The first-order valence-electron chi connectivity index (χ1n) is 7.94. The van der Waals surface area contributed by atoms with Crippen LogP contribution in [0.4, 0.5) is 8.78 Å². The lowest BCUT2D eigenvalue weighted by Gasteiger charge is -2.25. The molecule has 1 fully saturated rings. The largest absolute Gasteiger partial charge is 0.310 e. The van der Waals surface area contributed by atoms with Crippen LogP contribution in [0.2, 0.25) is 0 Å². The van der Waals surface area contributed by atoms with Gasteiger partial charge in [0.2, 0.25) is 0 Å². The van der Waals surface area contributed by atoms with Crippen molar-refractivity contribution in [1.29, 1.82) is 0 Å². The van der Waals surface area contributed by atoms with E-state index in [2.05, 4.69) is 24.1 Å². The van der Waals surface area contributed by atoms with Crippen LogP contribution in [0.15, 0.2) is 18.2 Å². The van der Waals surface area contributed by atoms with Gasteiger partial charge in [-0.05, 0) is 38.3 Å². The van der Waals surface area contributed by atoms with Gasteiger partial charge in [0.05, 0.1) is 0 Å². The summed E-state index contributed by atoms with van der Waals surface area (Å²) in [6.45, 7) is 9.27. The van der Waals surface area contributed by atoms with E-state index in [1.165, 1.54) is 12.5 Å². The van der Waals surface area contributed by atoms with Crippen molar-refractivity contribution in [3.8, 4) is 0 Å². The Balaban J connectivity index is 2.04. The predicted octanol–water partition coefficient (Wildman–Crippen LogP) is 3.74. The SMILES string of the molecule is CCNC(CCN1CC(C)CC1C)c1cccc(F)c1F. The number of nitrogens with one attached hydrogen (secondary N) is 1. The molecular weight excluding hydrogens is 270 g/mol. The van der Waals surface area contributed by atoms with E-state index >= 15 is 0 Å². The minimum Gasteiger partial charge on any atom is -0.310 e. The van der Waals surface area contributed by atoms with E-state index < -0.39 is 11.6 Å². The van der Waals surface area contributed by atoms with Gasteiger partial charge in [-0.25, -0.2) is 8.78 Å². The zero-order valence-electron chi connectivity index (χ0n) is 13.2. The Morgan fingerprint density at radius 1 is 1.33 bits per heavy atom. The third-order valence-electron chi connectivity index (χ3n) is 4.43. The molecule has 1 N–H and O–H groups in total. The number of halogens is 2. The lowest BCUT2D eigenvalue weighted by atomic mass is 10.0. The van der Waals surface area contributed by atoms with Crippen molar-refractivity contribution in [3.63, 3.8) is 0 Å². The Labute approximate surface area is 126 Å². The van der Waals surface area contributed by atoms with Gasteiger partial charge < -0.3 is 10.2 Å². The Kier molecular flexibility index (Phi) is 5.71. The van der Waals surface area contributed by atoms with Crippen molar-refractivity contribution in [2.24, 2.45) is 5.92 Å². The molecule has 0 saturated carbocycles. The Morgan fingerprint density at radius 2 is 2.10 bits per heavy atom. The first kappa shape index (κ1) is 16.4. The van der Waals surface area contributed by atoms with Crippen LogP contribution in [0.25, 0.3) is 0 Å². The molecule has 4 heteroatoms. The standard InChI is InChI=1S/C17H26F2N2/c1-4-20-16(14-6-5-7-15(18)17(14)19)8-9-21-11-12(2)10-13(21)3/h5-7,12-13,16,20H,4,8-11H2,1-3H3. The fourth-order valence-electron chi connectivity index (χ4n) is 3.40. The van der Waals surface area contributed by atoms with Crippen LogP contribution >= 0.6 is 0 Å². The lowest BCUT2D eigenvalue weighted by Crippen LogP contribution is -2.32. The maximum absolute atomic E-state index is 14.0. The van der Waals surface area contributed by atoms with Crippen molar-refractivity contribution in [1.82, 2.24) is 10.2 Å². The van der Waals surface area contributed by atoms with E-state index in [1.807, 2.05) is 6.92 Å². The third-order valence-corrected chi connectivity index (χ3v) is 4.43. The molecular formula is C17H26F2N2. The number of hydrogen-bond donors (Lipinski definition) is 1.